The molecule has 0 aromatic heterocycles. The van der Waals surface area contributed by atoms with E-state index in [9.17, 15) is 4.79 Å². The molecule has 1 aliphatic rings. The van der Waals surface area contributed by atoms with E-state index in [1.807, 2.05) is 30.8 Å². The first-order valence-electron chi connectivity index (χ1n) is 5.92. The second-order valence-electron chi connectivity index (χ2n) is 4.40. The van der Waals surface area contributed by atoms with E-state index in [0.717, 1.165) is 29.9 Å². The average Bonchev–Trinajstić information content (AvgIpc) is 2.34. The van der Waals surface area contributed by atoms with Crippen LogP contribution >= 0.6 is 11.8 Å². The number of hydrogen-bond acceptors (Lipinski definition) is 3. The van der Waals surface area contributed by atoms with Crippen LogP contribution in [0.2, 0.25) is 0 Å². The van der Waals surface area contributed by atoms with Crippen molar-refractivity contribution in [1.29, 1.82) is 0 Å². The van der Waals surface area contributed by atoms with E-state index in [2.05, 4.69) is 5.32 Å². The third kappa shape index (κ3) is 2.94. The van der Waals surface area contributed by atoms with Crippen molar-refractivity contribution < 1.29 is 4.79 Å². The first-order valence-corrected chi connectivity index (χ1v) is 7.07. The number of thioether (sulfide) groups is 1. The summed E-state index contributed by atoms with van der Waals surface area (Å²) >= 11 is 1.95. The Labute approximate surface area is 106 Å². The molecule has 0 saturated carbocycles. The van der Waals surface area contributed by atoms with Gasteiger partial charge in [-0.3, -0.25) is 4.79 Å². The SMILES string of the molecule is Cc1cccc(C(=O)NC2CCSCC2)c1N. The Kier molecular flexibility index (Phi) is 3.94. The van der Waals surface area contributed by atoms with Crippen molar-refractivity contribution >= 4 is 23.4 Å². The normalized spacial score (nSPS) is 16.8. The van der Waals surface area contributed by atoms with E-state index in [-0.39, 0.29) is 5.91 Å². The number of rotatable bonds is 2. The number of aryl methyl sites for hydroxylation is 1. The zero-order chi connectivity index (χ0) is 12.3. The van der Waals surface area contributed by atoms with Crippen molar-refractivity contribution in [2.45, 2.75) is 25.8 Å². The van der Waals surface area contributed by atoms with Gasteiger partial charge in [-0.15, -0.1) is 0 Å². The molecule has 4 heteroatoms. The van der Waals surface area contributed by atoms with Crippen LogP contribution in [-0.4, -0.2) is 23.5 Å². The van der Waals surface area contributed by atoms with E-state index in [0.29, 0.717) is 17.3 Å². The lowest BCUT2D eigenvalue weighted by atomic mass is 10.1. The van der Waals surface area contributed by atoms with Gasteiger partial charge >= 0.3 is 0 Å². The number of carbonyl (C=O) groups excluding carboxylic acids is 1. The van der Waals surface area contributed by atoms with E-state index >= 15 is 0 Å². The molecule has 92 valence electrons. The van der Waals surface area contributed by atoms with Crippen LogP contribution in [0.1, 0.15) is 28.8 Å². The number of amides is 1. The minimum absolute atomic E-state index is 0.0388. The summed E-state index contributed by atoms with van der Waals surface area (Å²) in [4.78, 5) is 12.1. The van der Waals surface area contributed by atoms with Gasteiger partial charge in [-0.25, -0.2) is 0 Å². The van der Waals surface area contributed by atoms with Crippen molar-refractivity contribution in [3.05, 3.63) is 29.3 Å². The summed E-state index contributed by atoms with van der Waals surface area (Å²) in [6.07, 6.45) is 2.12. The molecule has 1 aromatic rings. The van der Waals surface area contributed by atoms with Crippen LogP contribution in [0.5, 0.6) is 0 Å². The molecule has 0 spiro atoms. The number of benzene rings is 1. The second-order valence-corrected chi connectivity index (χ2v) is 5.62. The maximum absolute atomic E-state index is 12.1. The molecule has 0 bridgehead atoms. The van der Waals surface area contributed by atoms with Crippen LogP contribution < -0.4 is 11.1 Å². The number of nitrogen functional groups attached to an aromatic ring is 1. The largest absolute Gasteiger partial charge is 0.398 e. The molecular formula is C13H18N2OS. The van der Waals surface area contributed by atoms with Crippen molar-refractivity contribution in [1.82, 2.24) is 5.32 Å². The molecule has 3 nitrogen and oxygen atoms in total. The Morgan fingerprint density at radius 2 is 2.12 bits per heavy atom. The van der Waals surface area contributed by atoms with Crippen molar-refractivity contribution in [2.24, 2.45) is 0 Å². The lowest BCUT2D eigenvalue weighted by Crippen LogP contribution is -2.37. The molecule has 0 aliphatic carbocycles. The first kappa shape index (κ1) is 12.3. The van der Waals surface area contributed by atoms with Crippen molar-refractivity contribution in [3.63, 3.8) is 0 Å². The molecule has 1 aliphatic heterocycles. The van der Waals surface area contributed by atoms with Gasteiger partial charge in [-0.1, -0.05) is 12.1 Å². The maximum atomic E-state index is 12.1. The summed E-state index contributed by atoms with van der Waals surface area (Å²) in [7, 11) is 0. The second kappa shape index (κ2) is 5.45. The molecule has 0 unspecified atom stereocenters. The number of carbonyl (C=O) groups is 1. The van der Waals surface area contributed by atoms with Crippen molar-refractivity contribution in [2.75, 3.05) is 17.2 Å². The number of hydrogen-bond donors (Lipinski definition) is 2. The standard InChI is InChI=1S/C13H18N2OS/c1-9-3-2-4-11(12(9)14)13(16)15-10-5-7-17-8-6-10/h2-4,10H,5-8,14H2,1H3,(H,15,16). The summed E-state index contributed by atoms with van der Waals surface area (Å²) in [6.45, 7) is 1.92. The van der Waals surface area contributed by atoms with Gasteiger partial charge in [0, 0.05) is 11.7 Å². The Morgan fingerprint density at radius 3 is 2.82 bits per heavy atom. The van der Waals surface area contributed by atoms with E-state index in [1.54, 1.807) is 6.07 Å². The predicted molar refractivity (Wildman–Crippen MR) is 73.4 cm³/mol. The summed E-state index contributed by atoms with van der Waals surface area (Å²) in [5, 5.41) is 3.07. The van der Waals surface area contributed by atoms with Crippen LogP contribution in [0.15, 0.2) is 18.2 Å². The Morgan fingerprint density at radius 1 is 1.41 bits per heavy atom. The van der Waals surface area contributed by atoms with Crippen LogP contribution in [0.3, 0.4) is 0 Å². The van der Waals surface area contributed by atoms with Crippen molar-refractivity contribution in [3.8, 4) is 0 Å². The fraction of sp³-hybridized carbons (Fsp3) is 0.462. The number of para-hydroxylation sites is 1. The van der Waals surface area contributed by atoms with E-state index in [4.69, 9.17) is 5.73 Å². The smallest absolute Gasteiger partial charge is 0.253 e. The molecule has 1 heterocycles. The minimum Gasteiger partial charge on any atom is -0.398 e. The molecule has 0 atom stereocenters. The zero-order valence-corrected chi connectivity index (χ0v) is 10.8. The molecule has 1 fully saturated rings. The summed E-state index contributed by atoms with van der Waals surface area (Å²) in [5.41, 5.74) is 8.07. The highest BCUT2D eigenvalue weighted by molar-refractivity contribution is 7.99. The number of anilines is 1. The molecule has 1 aromatic carbocycles. The van der Waals surface area contributed by atoms with E-state index < -0.39 is 0 Å². The van der Waals surface area contributed by atoms with Gasteiger partial charge in [-0.05, 0) is 42.9 Å². The quantitative estimate of drug-likeness (QED) is 0.791. The summed E-state index contributed by atoms with van der Waals surface area (Å²) < 4.78 is 0. The first-order chi connectivity index (χ1) is 8.18. The average molecular weight is 250 g/mol. The van der Waals surface area contributed by atoms with Gasteiger partial charge in [0.05, 0.1) is 5.56 Å². The number of nitrogens with two attached hydrogens (primary N) is 1. The van der Waals surface area contributed by atoms with Crippen LogP contribution in [0, 0.1) is 6.92 Å². The summed E-state index contributed by atoms with van der Waals surface area (Å²) in [6, 6.07) is 5.89. The fourth-order valence-electron chi connectivity index (χ4n) is 1.98. The topological polar surface area (TPSA) is 55.1 Å². The molecule has 0 radical (unpaired) electrons. The molecular weight excluding hydrogens is 232 g/mol. The Bertz CT molecular complexity index is 414. The molecule has 1 saturated heterocycles. The Hall–Kier alpha value is -1.16. The van der Waals surface area contributed by atoms with Crippen LogP contribution in [-0.2, 0) is 0 Å². The molecule has 2 rings (SSSR count). The van der Waals surface area contributed by atoms with Crippen LogP contribution in [0.4, 0.5) is 5.69 Å². The Balaban J connectivity index is 2.06. The third-order valence-corrected chi connectivity index (χ3v) is 4.17. The van der Waals surface area contributed by atoms with Gasteiger partial charge in [0.25, 0.3) is 5.91 Å². The molecule has 3 N–H and O–H groups in total. The highest BCUT2D eigenvalue weighted by atomic mass is 32.2. The predicted octanol–water partition coefficient (Wildman–Crippen LogP) is 2.20. The lowest BCUT2D eigenvalue weighted by Gasteiger charge is -2.23. The fourth-order valence-corrected chi connectivity index (χ4v) is 3.09. The third-order valence-electron chi connectivity index (χ3n) is 3.13. The lowest BCUT2D eigenvalue weighted by molar-refractivity contribution is 0.0935. The van der Waals surface area contributed by atoms with Gasteiger partial charge in [0.15, 0.2) is 0 Å². The minimum atomic E-state index is -0.0388. The van der Waals surface area contributed by atoms with Gasteiger partial charge < -0.3 is 11.1 Å². The van der Waals surface area contributed by atoms with Gasteiger partial charge in [-0.2, -0.15) is 11.8 Å². The van der Waals surface area contributed by atoms with Crippen LogP contribution in [0.25, 0.3) is 0 Å². The highest BCUT2D eigenvalue weighted by Gasteiger charge is 2.18. The summed E-state index contributed by atoms with van der Waals surface area (Å²) in [5.74, 6) is 2.23. The number of nitrogens with one attached hydrogen (secondary N) is 1. The van der Waals surface area contributed by atoms with E-state index in [1.165, 1.54) is 0 Å². The zero-order valence-electron chi connectivity index (χ0n) is 10.0. The van der Waals surface area contributed by atoms with Gasteiger partial charge in [0.1, 0.15) is 0 Å². The highest BCUT2D eigenvalue weighted by Crippen LogP contribution is 2.19. The molecule has 17 heavy (non-hydrogen) atoms. The van der Waals surface area contributed by atoms with Gasteiger partial charge in [0.2, 0.25) is 0 Å². The monoisotopic (exact) mass is 250 g/mol. The molecule has 1 amide bonds. The maximum Gasteiger partial charge on any atom is 0.253 e.